The largest absolute Gasteiger partial charge is 0.313 e. The molecule has 1 rings (SSSR count). The van der Waals surface area contributed by atoms with Crippen molar-refractivity contribution in [2.24, 2.45) is 0 Å². The number of nitrogens with zero attached hydrogens (tertiary/aromatic N) is 1. The Balaban J connectivity index is 2.76. The number of likely N-dealkylation sites (tertiary alicyclic amines) is 1. The van der Waals surface area contributed by atoms with E-state index in [0.717, 1.165) is 18.6 Å². The van der Waals surface area contributed by atoms with Crippen LogP contribution in [0, 0.1) is 0 Å². The molecule has 0 amide bonds. The molecule has 3 unspecified atom stereocenters. The first kappa shape index (κ1) is 17.0. The zero-order valence-electron chi connectivity index (χ0n) is 13.8. The van der Waals surface area contributed by atoms with Gasteiger partial charge < -0.3 is 5.32 Å². The molecule has 1 aliphatic heterocycles. The summed E-state index contributed by atoms with van der Waals surface area (Å²) in [6, 6.07) is 2.25. The monoisotopic (exact) mass is 268 g/mol. The van der Waals surface area contributed by atoms with Crippen LogP contribution in [0.25, 0.3) is 0 Å². The molecule has 0 aliphatic carbocycles. The van der Waals surface area contributed by atoms with Gasteiger partial charge in [0.2, 0.25) is 0 Å². The highest BCUT2D eigenvalue weighted by molar-refractivity contribution is 4.88. The normalized spacial score (nSPS) is 24.9. The summed E-state index contributed by atoms with van der Waals surface area (Å²) in [7, 11) is 0. The highest BCUT2D eigenvalue weighted by atomic mass is 15.2. The Morgan fingerprint density at radius 1 is 1.11 bits per heavy atom. The van der Waals surface area contributed by atoms with E-state index < -0.39 is 0 Å². The van der Waals surface area contributed by atoms with Crippen LogP contribution in [-0.2, 0) is 0 Å². The number of nitrogens with one attached hydrogen (secondary N) is 1. The second-order valence-corrected chi connectivity index (χ2v) is 6.08. The lowest BCUT2D eigenvalue weighted by atomic mass is 9.96. The van der Waals surface area contributed by atoms with Crippen LogP contribution in [0.1, 0.15) is 79.1 Å². The Kier molecular flexibility index (Phi) is 8.72. The maximum atomic E-state index is 3.76. The predicted molar refractivity (Wildman–Crippen MR) is 85.7 cm³/mol. The van der Waals surface area contributed by atoms with E-state index in [1.807, 2.05) is 0 Å². The number of hydrogen-bond donors (Lipinski definition) is 1. The zero-order valence-corrected chi connectivity index (χ0v) is 13.8. The Morgan fingerprint density at radius 2 is 1.89 bits per heavy atom. The smallest absolute Gasteiger partial charge is 0.0249 e. The van der Waals surface area contributed by atoms with Crippen LogP contribution in [0.3, 0.4) is 0 Å². The lowest BCUT2D eigenvalue weighted by molar-refractivity contribution is 0.0968. The Labute approximate surface area is 121 Å². The van der Waals surface area contributed by atoms with Gasteiger partial charge in [-0.25, -0.2) is 0 Å². The summed E-state index contributed by atoms with van der Waals surface area (Å²) < 4.78 is 0. The molecule has 0 aromatic rings. The molecule has 0 spiro atoms. The van der Waals surface area contributed by atoms with Crippen LogP contribution in [0.4, 0.5) is 0 Å². The summed E-state index contributed by atoms with van der Waals surface area (Å²) in [5, 5.41) is 3.76. The molecule has 1 saturated heterocycles. The van der Waals surface area contributed by atoms with Gasteiger partial charge in [-0.2, -0.15) is 0 Å². The van der Waals surface area contributed by atoms with Crippen molar-refractivity contribution in [2.45, 2.75) is 97.2 Å². The van der Waals surface area contributed by atoms with Gasteiger partial charge in [-0.1, -0.05) is 47.0 Å². The highest BCUT2D eigenvalue weighted by Crippen LogP contribution is 2.25. The maximum Gasteiger partial charge on any atom is 0.0249 e. The van der Waals surface area contributed by atoms with E-state index in [1.165, 1.54) is 57.9 Å². The van der Waals surface area contributed by atoms with E-state index in [-0.39, 0.29) is 0 Å². The van der Waals surface area contributed by atoms with Crippen molar-refractivity contribution >= 4 is 0 Å². The molecule has 0 aromatic heterocycles. The molecule has 0 aromatic carbocycles. The fourth-order valence-electron chi connectivity index (χ4n) is 3.83. The Bertz CT molecular complexity index is 211. The summed E-state index contributed by atoms with van der Waals surface area (Å²) in [5.41, 5.74) is 0. The SMILES string of the molecule is CCCC(NCC)C(CC)N1CCCCCC1CC. The zero-order chi connectivity index (χ0) is 14.1. The van der Waals surface area contributed by atoms with Crippen molar-refractivity contribution < 1.29 is 0 Å². The van der Waals surface area contributed by atoms with E-state index >= 15 is 0 Å². The molecule has 1 aliphatic rings. The number of rotatable bonds is 8. The third kappa shape index (κ3) is 5.07. The van der Waals surface area contributed by atoms with Gasteiger partial charge >= 0.3 is 0 Å². The van der Waals surface area contributed by atoms with Gasteiger partial charge in [0, 0.05) is 18.1 Å². The molecule has 0 saturated carbocycles. The standard InChI is InChI=1S/C17H36N2/c1-5-12-16(18-8-4)17(7-3)19-14-11-9-10-13-15(19)6-2/h15-18H,5-14H2,1-4H3. The molecule has 0 bridgehead atoms. The average Bonchev–Trinajstić information content (AvgIpc) is 2.65. The van der Waals surface area contributed by atoms with E-state index in [9.17, 15) is 0 Å². The van der Waals surface area contributed by atoms with Crippen molar-refractivity contribution in [2.75, 3.05) is 13.1 Å². The molecule has 114 valence electrons. The second kappa shape index (κ2) is 9.77. The van der Waals surface area contributed by atoms with Crippen LogP contribution >= 0.6 is 0 Å². The highest BCUT2D eigenvalue weighted by Gasteiger charge is 2.30. The second-order valence-electron chi connectivity index (χ2n) is 6.08. The fraction of sp³-hybridized carbons (Fsp3) is 1.00. The Hall–Kier alpha value is -0.0800. The molecule has 0 radical (unpaired) electrons. The Morgan fingerprint density at radius 3 is 2.47 bits per heavy atom. The van der Waals surface area contributed by atoms with Crippen molar-refractivity contribution in [1.29, 1.82) is 0 Å². The van der Waals surface area contributed by atoms with E-state index in [0.29, 0.717) is 6.04 Å². The summed E-state index contributed by atoms with van der Waals surface area (Å²) in [6.45, 7) is 11.7. The maximum absolute atomic E-state index is 3.76. The number of likely N-dealkylation sites (N-methyl/N-ethyl adjacent to an activating group) is 1. The first-order valence-corrected chi connectivity index (χ1v) is 8.77. The van der Waals surface area contributed by atoms with Gasteiger partial charge in [0.05, 0.1) is 0 Å². The molecule has 3 atom stereocenters. The fourth-order valence-corrected chi connectivity index (χ4v) is 3.83. The van der Waals surface area contributed by atoms with Gasteiger partial charge in [0.15, 0.2) is 0 Å². The van der Waals surface area contributed by atoms with E-state index in [2.05, 4.69) is 37.9 Å². The summed E-state index contributed by atoms with van der Waals surface area (Å²) in [4.78, 5) is 2.86. The first-order chi connectivity index (χ1) is 9.28. The quantitative estimate of drug-likeness (QED) is 0.710. The van der Waals surface area contributed by atoms with Crippen molar-refractivity contribution in [3.8, 4) is 0 Å². The van der Waals surface area contributed by atoms with Crippen LogP contribution in [-0.4, -0.2) is 36.1 Å². The molecule has 1 N–H and O–H groups in total. The van der Waals surface area contributed by atoms with Gasteiger partial charge in [0.25, 0.3) is 0 Å². The van der Waals surface area contributed by atoms with Crippen LogP contribution < -0.4 is 5.32 Å². The van der Waals surface area contributed by atoms with Crippen LogP contribution in [0.5, 0.6) is 0 Å². The summed E-state index contributed by atoms with van der Waals surface area (Å²) >= 11 is 0. The lowest BCUT2D eigenvalue weighted by Gasteiger charge is -2.41. The lowest BCUT2D eigenvalue weighted by Crippen LogP contribution is -2.53. The topological polar surface area (TPSA) is 15.3 Å². The molecule has 2 heteroatoms. The summed E-state index contributed by atoms with van der Waals surface area (Å²) in [5.74, 6) is 0. The molecular weight excluding hydrogens is 232 g/mol. The number of hydrogen-bond acceptors (Lipinski definition) is 2. The average molecular weight is 268 g/mol. The molecule has 19 heavy (non-hydrogen) atoms. The minimum absolute atomic E-state index is 0.687. The predicted octanol–water partition coefficient (Wildman–Crippen LogP) is 4.20. The van der Waals surface area contributed by atoms with E-state index in [4.69, 9.17) is 0 Å². The third-order valence-electron chi connectivity index (χ3n) is 4.77. The third-order valence-corrected chi connectivity index (χ3v) is 4.77. The molecule has 1 fully saturated rings. The van der Waals surface area contributed by atoms with E-state index in [1.54, 1.807) is 0 Å². The molecular formula is C17H36N2. The molecule has 2 nitrogen and oxygen atoms in total. The van der Waals surface area contributed by atoms with Crippen LogP contribution in [0.2, 0.25) is 0 Å². The van der Waals surface area contributed by atoms with Gasteiger partial charge in [-0.05, 0) is 45.2 Å². The van der Waals surface area contributed by atoms with Crippen molar-refractivity contribution in [1.82, 2.24) is 10.2 Å². The van der Waals surface area contributed by atoms with Crippen LogP contribution in [0.15, 0.2) is 0 Å². The minimum Gasteiger partial charge on any atom is -0.313 e. The minimum atomic E-state index is 0.687. The first-order valence-electron chi connectivity index (χ1n) is 8.77. The van der Waals surface area contributed by atoms with Gasteiger partial charge in [-0.3, -0.25) is 4.90 Å². The van der Waals surface area contributed by atoms with Gasteiger partial charge in [0.1, 0.15) is 0 Å². The summed E-state index contributed by atoms with van der Waals surface area (Å²) in [6.07, 6.45) is 10.9. The molecule has 1 heterocycles. The van der Waals surface area contributed by atoms with Gasteiger partial charge in [-0.15, -0.1) is 0 Å². The van der Waals surface area contributed by atoms with Crippen molar-refractivity contribution in [3.05, 3.63) is 0 Å². The van der Waals surface area contributed by atoms with Crippen molar-refractivity contribution in [3.63, 3.8) is 0 Å².